The van der Waals surface area contributed by atoms with E-state index in [0.717, 1.165) is 0 Å². The Labute approximate surface area is 153 Å². The first-order chi connectivity index (χ1) is 12.0. The van der Waals surface area contributed by atoms with E-state index in [-0.39, 0.29) is 24.8 Å². The molecule has 2 aromatic rings. The highest BCUT2D eigenvalue weighted by atomic mass is 35.5. The summed E-state index contributed by atoms with van der Waals surface area (Å²) in [5.41, 5.74) is 0.983. The van der Waals surface area contributed by atoms with Gasteiger partial charge in [-0.3, -0.25) is 4.90 Å². The van der Waals surface area contributed by atoms with E-state index in [1.165, 1.54) is 17.0 Å². The highest BCUT2D eigenvalue weighted by Crippen LogP contribution is 2.29. The van der Waals surface area contributed by atoms with Crippen molar-refractivity contribution in [3.8, 4) is 5.75 Å². The quantitative estimate of drug-likeness (QED) is 0.789. The van der Waals surface area contributed by atoms with Gasteiger partial charge in [-0.1, -0.05) is 23.2 Å². The Balaban J connectivity index is 1.68. The van der Waals surface area contributed by atoms with Gasteiger partial charge < -0.3 is 14.6 Å². The van der Waals surface area contributed by atoms with E-state index >= 15 is 0 Å². The summed E-state index contributed by atoms with van der Waals surface area (Å²) in [5.74, 6) is -0.0579. The second kappa shape index (κ2) is 7.47. The van der Waals surface area contributed by atoms with E-state index in [9.17, 15) is 9.18 Å². The molecule has 0 spiro atoms. The molecule has 2 aromatic carbocycles. The van der Waals surface area contributed by atoms with Gasteiger partial charge in [0, 0.05) is 16.3 Å². The van der Waals surface area contributed by atoms with E-state index in [1.54, 1.807) is 24.3 Å². The van der Waals surface area contributed by atoms with Gasteiger partial charge in [0.05, 0.1) is 18.2 Å². The van der Waals surface area contributed by atoms with Crippen molar-refractivity contribution in [1.82, 2.24) is 0 Å². The summed E-state index contributed by atoms with van der Waals surface area (Å²) in [6, 6.07) is 9.31. The molecule has 3 rings (SSSR count). The van der Waals surface area contributed by atoms with Crippen LogP contribution in [0.15, 0.2) is 36.4 Å². The summed E-state index contributed by atoms with van der Waals surface area (Å²) in [5, 5.41) is 9.31. The molecule has 0 aliphatic carbocycles. The summed E-state index contributed by atoms with van der Waals surface area (Å²) in [4.78, 5) is 13.2. The molecule has 1 amide bonds. The molecule has 5 nitrogen and oxygen atoms in total. The van der Waals surface area contributed by atoms with Crippen molar-refractivity contribution in [2.75, 3.05) is 18.1 Å². The van der Waals surface area contributed by atoms with Crippen LogP contribution in [-0.2, 0) is 11.3 Å². The van der Waals surface area contributed by atoms with Gasteiger partial charge in [0.1, 0.15) is 24.3 Å². The van der Waals surface area contributed by atoms with Gasteiger partial charge in [-0.05, 0) is 36.4 Å². The first kappa shape index (κ1) is 17.8. The summed E-state index contributed by atoms with van der Waals surface area (Å²) >= 11 is 11.9. The molecule has 1 N–H and O–H groups in total. The molecule has 0 bridgehead atoms. The third-order valence-electron chi connectivity index (χ3n) is 3.75. The van der Waals surface area contributed by atoms with Crippen LogP contribution in [0.1, 0.15) is 5.56 Å². The highest BCUT2D eigenvalue weighted by Gasteiger charge is 2.31. The number of hydrogen-bond acceptors (Lipinski definition) is 4. The van der Waals surface area contributed by atoms with E-state index in [4.69, 9.17) is 37.8 Å². The van der Waals surface area contributed by atoms with E-state index in [0.29, 0.717) is 22.0 Å². The number of anilines is 1. The lowest BCUT2D eigenvalue weighted by Crippen LogP contribution is -2.25. The Hall–Kier alpha value is -2.02. The molecule has 1 heterocycles. The molecule has 1 fully saturated rings. The molecule has 0 radical (unpaired) electrons. The molecule has 0 saturated carbocycles. The molecule has 132 valence electrons. The van der Waals surface area contributed by atoms with Crippen LogP contribution in [0.2, 0.25) is 10.0 Å². The van der Waals surface area contributed by atoms with Crippen molar-refractivity contribution in [2.24, 2.45) is 0 Å². The molecule has 25 heavy (non-hydrogen) atoms. The number of hydrogen-bond donors (Lipinski definition) is 1. The Morgan fingerprint density at radius 3 is 2.60 bits per heavy atom. The number of aliphatic hydroxyl groups excluding tert-OH is 1. The molecule has 1 aliphatic rings. The third kappa shape index (κ3) is 3.81. The SMILES string of the molecule is O=C1OC(CO)CN1c1ccc(OCc2c(Cl)ccc(F)c2Cl)cc1. The zero-order valence-corrected chi connectivity index (χ0v) is 14.4. The minimum absolute atomic E-state index is 0.00706. The zero-order chi connectivity index (χ0) is 18.0. The fourth-order valence-corrected chi connectivity index (χ4v) is 2.89. The minimum atomic E-state index is -0.564. The van der Waals surface area contributed by atoms with Gasteiger partial charge in [0.15, 0.2) is 0 Å². The van der Waals surface area contributed by atoms with Gasteiger partial charge in [0.25, 0.3) is 0 Å². The largest absolute Gasteiger partial charge is 0.489 e. The number of halogens is 3. The van der Waals surface area contributed by atoms with E-state index < -0.39 is 18.0 Å². The summed E-state index contributed by atoms with van der Waals surface area (Å²) in [7, 11) is 0. The number of carbonyl (C=O) groups excluding carboxylic acids is 1. The van der Waals surface area contributed by atoms with Crippen LogP contribution in [0.4, 0.5) is 14.9 Å². The smallest absolute Gasteiger partial charge is 0.414 e. The zero-order valence-electron chi connectivity index (χ0n) is 12.9. The number of cyclic esters (lactones) is 1. The van der Waals surface area contributed by atoms with Crippen LogP contribution in [-0.4, -0.2) is 30.5 Å². The average molecular weight is 386 g/mol. The van der Waals surface area contributed by atoms with Crippen LogP contribution in [0, 0.1) is 5.82 Å². The third-order valence-corrected chi connectivity index (χ3v) is 4.51. The Kier molecular flexibility index (Phi) is 5.32. The maximum absolute atomic E-state index is 13.5. The van der Waals surface area contributed by atoms with Crippen molar-refractivity contribution in [3.63, 3.8) is 0 Å². The van der Waals surface area contributed by atoms with Crippen molar-refractivity contribution < 1.29 is 23.8 Å². The van der Waals surface area contributed by atoms with Gasteiger partial charge in [0.2, 0.25) is 0 Å². The summed E-state index contributed by atoms with van der Waals surface area (Å²) in [6.07, 6.45) is -1.04. The Bertz CT molecular complexity index is 785. The number of ether oxygens (including phenoxy) is 2. The minimum Gasteiger partial charge on any atom is -0.489 e. The van der Waals surface area contributed by atoms with Crippen LogP contribution in [0.3, 0.4) is 0 Å². The Morgan fingerprint density at radius 2 is 1.96 bits per heavy atom. The number of aliphatic hydroxyl groups is 1. The molecule has 1 atom stereocenters. The van der Waals surface area contributed by atoms with Gasteiger partial charge in [-0.25, -0.2) is 9.18 Å². The van der Waals surface area contributed by atoms with Crippen LogP contribution in [0.5, 0.6) is 5.75 Å². The number of nitrogens with zero attached hydrogens (tertiary/aromatic N) is 1. The van der Waals surface area contributed by atoms with Crippen molar-refractivity contribution in [3.05, 3.63) is 57.8 Å². The number of rotatable bonds is 5. The molecule has 0 aromatic heterocycles. The van der Waals surface area contributed by atoms with Crippen molar-refractivity contribution >= 4 is 35.0 Å². The first-order valence-corrected chi connectivity index (χ1v) is 8.19. The van der Waals surface area contributed by atoms with Gasteiger partial charge in [-0.15, -0.1) is 0 Å². The summed E-state index contributed by atoms with van der Waals surface area (Å²) < 4.78 is 24.1. The molecular weight excluding hydrogens is 372 g/mol. The molecule has 1 unspecified atom stereocenters. The predicted molar refractivity (Wildman–Crippen MR) is 91.9 cm³/mol. The number of amides is 1. The van der Waals surface area contributed by atoms with Crippen LogP contribution in [0.25, 0.3) is 0 Å². The number of carbonyl (C=O) groups is 1. The van der Waals surface area contributed by atoms with Crippen LogP contribution < -0.4 is 9.64 Å². The van der Waals surface area contributed by atoms with E-state index in [1.807, 2.05) is 0 Å². The fourth-order valence-electron chi connectivity index (χ4n) is 2.41. The first-order valence-electron chi connectivity index (χ1n) is 7.44. The average Bonchev–Trinajstić information content (AvgIpc) is 3.00. The van der Waals surface area contributed by atoms with Crippen molar-refractivity contribution in [2.45, 2.75) is 12.7 Å². The lowest BCUT2D eigenvalue weighted by molar-refractivity contribution is 0.0963. The Morgan fingerprint density at radius 1 is 1.24 bits per heavy atom. The molecule has 1 aliphatic heterocycles. The maximum atomic E-state index is 13.5. The lowest BCUT2D eigenvalue weighted by Gasteiger charge is -2.14. The maximum Gasteiger partial charge on any atom is 0.414 e. The van der Waals surface area contributed by atoms with Gasteiger partial charge in [-0.2, -0.15) is 0 Å². The molecule has 1 saturated heterocycles. The topological polar surface area (TPSA) is 59.0 Å². The van der Waals surface area contributed by atoms with Crippen molar-refractivity contribution in [1.29, 1.82) is 0 Å². The monoisotopic (exact) mass is 385 g/mol. The second-order valence-corrected chi connectivity index (χ2v) is 6.19. The fraction of sp³-hybridized carbons (Fsp3) is 0.235. The summed E-state index contributed by atoms with van der Waals surface area (Å²) in [6.45, 7) is 0.0652. The van der Waals surface area contributed by atoms with Crippen LogP contribution >= 0.6 is 23.2 Å². The van der Waals surface area contributed by atoms with Gasteiger partial charge >= 0.3 is 6.09 Å². The number of benzene rings is 2. The lowest BCUT2D eigenvalue weighted by atomic mass is 10.2. The normalized spacial score (nSPS) is 16.9. The molecular formula is C17H14Cl2FNO4. The highest BCUT2D eigenvalue weighted by molar-refractivity contribution is 6.36. The predicted octanol–water partition coefficient (Wildman–Crippen LogP) is 4.03. The molecule has 8 heteroatoms. The standard InChI is InChI=1S/C17H14Cl2FNO4/c18-14-5-6-15(20)16(19)13(14)9-24-11-3-1-10(2-4-11)21-7-12(8-22)25-17(21)23/h1-6,12,22H,7-9H2. The van der Waals surface area contributed by atoms with E-state index in [2.05, 4.69) is 0 Å². The second-order valence-electron chi connectivity index (χ2n) is 5.40.